The standard InChI is InChI=1S/C25H27N9O2/c1-15(29-22-17(14-26)21(27)31-25(28)32-22)23-30-18-10-7-11-19(36-13-12-33(2)3)20(18)24(35)34(23)16-8-5-4-6-9-16/h4-11,15H,12-13H2,1-3H3,(H5,27,28,29,31,32)/t15-/m0/s1. The van der Waals surface area contributed by atoms with E-state index in [9.17, 15) is 10.1 Å². The summed E-state index contributed by atoms with van der Waals surface area (Å²) in [4.78, 5) is 28.8. The van der Waals surface area contributed by atoms with Gasteiger partial charge in [0.15, 0.2) is 5.82 Å². The van der Waals surface area contributed by atoms with Gasteiger partial charge in [-0.2, -0.15) is 15.2 Å². The molecule has 0 aliphatic carbocycles. The van der Waals surface area contributed by atoms with Gasteiger partial charge in [-0.15, -0.1) is 0 Å². The number of hydrogen-bond acceptors (Lipinski definition) is 10. The summed E-state index contributed by atoms with van der Waals surface area (Å²) < 4.78 is 7.49. The van der Waals surface area contributed by atoms with Gasteiger partial charge < -0.3 is 26.4 Å². The first-order valence-corrected chi connectivity index (χ1v) is 11.3. The van der Waals surface area contributed by atoms with E-state index >= 15 is 0 Å². The van der Waals surface area contributed by atoms with Gasteiger partial charge in [0.05, 0.1) is 17.2 Å². The van der Waals surface area contributed by atoms with Gasteiger partial charge in [-0.05, 0) is 45.3 Å². The van der Waals surface area contributed by atoms with E-state index in [-0.39, 0.29) is 28.7 Å². The minimum Gasteiger partial charge on any atom is -0.491 e. The molecule has 1 atom stereocenters. The number of para-hydroxylation sites is 1. The molecule has 11 nitrogen and oxygen atoms in total. The van der Waals surface area contributed by atoms with Crippen LogP contribution in [0.5, 0.6) is 5.75 Å². The molecule has 0 saturated heterocycles. The summed E-state index contributed by atoms with van der Waals surface area (Å²) in [5.41, 5.74) is 12.5. The number of benzene rings is 2. The van der Waals surface area contributed by atoms with Crippen LogP contribution < -0.4 is 27.1 Å². The quantitative estimate of drug-likeness (QED) is 0.338. The third-order valence-electron chi connectivity index (χ3n) is 5.50. The monoisotopic (exact) mass is 485 g/mol. The number of nitrogens with zero attached hydrogens (tertiary/aromatic N) is 6. The second-order valence-electron chi connectivity index (χ2n) is 8.42. The molecule has 2 heterocycles. The van der Waals surface area contributed by atoms with Crippen molar-refractivity contribution in [1.29, 1.82) is 5.26 Å². The molecule has 0 spiro atoms. The lowest BCUT2D eigenvalue weighted by Crippen LogP contribution is -2.28. The van der Waals surface area contributed by atoms with Crippen molar-refractivity contribution in [2.75, 3.05) is 44.0 Å². The highest BCUT2D eigenvalue weighted by Gasteiger charge is 2.22. The molecule has 5 N–H and O–H groups in total. The van der Waals surface area contributed by atoms with Gasteiger partial charge >= 0.3 is 0 Å². The number of nitriles is 1. The molecule has 184 valence electrons. The van der Waals surface area contributed by atoms with Crippen LogP contribution in [0.1, 0.15) is 24.4 Å². The highest BCUT2D eigenvalue weighted by Crippen LogP contribution is 2.27. The van der Waals surface area contributed by atoms with Crippen molar-refractivity contribution in [2.24, 2.45) is 0 Å². The number of anilines is 3. The number of nitrogens with two attached hydrogens (primary N) is 2. The zero-order chi connectivity index (χ0) is 25.8. The summed E-state index contributed by atoms with van der Waals surface area (Å²) in [6.45, 7) is 2.92. The van der Waals surface area contributed by atoms with E-state index < -0.39 is 6.04 Å². The summed E-state index contributed by atoms with van der Waals surface area (Å²) in [5.74, 6) is 0.916. The van der Waals surface area contributed by atoms with Gasteiger partial charge in [0.25, 0.3) is 5.56 Å². The lowest BCUT2D eigenvalue weighted by atomic mass is 10.1. The van der Waals surface area contributed by atoms with Crippen LogP contribution in [0, 0.1) is 11.3 Å². The maximum Gasteiger partial charge on any atom is 0.269 e. The molecule has 2 aromatic carbocycles. The van der Waals surface area contributed by atoms with Crippen LogP contribution >= 0.6 is 0 Å². The molecular formula is C25H27N9O2. The second kappa shape index (κ2) is 10.3. The molecule has 4 aromatic rings. The Hall–Kier alpha value is -4.69. The number of nitrogen functional groups attached to an aromatic ring is 2. The Bertz CT molecular complexity index is 1490. The average Bonchev–Trinajstić information content (AvgIpc) is 2.84. The first-order chi connectivity index (χ1) is 17.3. The number of rotatable bonds is 8. The van der Waals surface area contributed by atoms with Crippen molar-refractivity contribution >= 4 is 28.5 Å². The Kier molecular flexibility index (Phi) is 6.98. The summed E-state index contributed by atoms with van der Waals surface area (Å²) in [5, 5.41) is 13.1. The molecule has 4 rings (SSSR count). The van der Waals surface area contributed by atoms with Crippen molar-refractivity contribution in [2.45, 2.75) is 13.0 Å². The minimum atomic E-state index is -0.568. The number of hydrogen-bond donors (Lipinski definition) is 3. The summed E-state index contributed by atoms with van der Waals surface area (Å²) >= 11 is 0. The van der Waals surface area contributed by atoms with Crippen molar-refractivity contribution in [3.05, 3.63) is 70.3 Å². The predicted octanol–water partition coefficient (Wildman–Crippen LogP) is 2.33. The van der Waals surface area contributed by atoms with Crippen LogP contribution in [0.15, 0.2) is 53.3 Å². The molecule has 36 heavy (non-hydrogen) atoms. The zero-order valence-electron chi connectivity index (χ0n) is 20.3. The molecule has 2 aromatic heterocycles. The fourth-order valence-electron chi connectivity index (χ4n) is 3.77. The average molecular weight is 486 g/mol. The van der Waals surface area contributed by atoms with E-state index in [0.717, 1.165) is 0 Å². The molecule has 0 aliphatic heterocycles. The zero-order valence-corrected chi connectivity index (χ0v) is 20.3. The lowest BCUT2D eigenvalue weighted by molar-refractivity contribution is 0.263. The Labute approximate surface area is 208 Å². The Morgan fingerprint density at radius 3 is 2.56 bits per heavy atom. The van der Waals surface area contributed by atoms with Gasteiger partial charge in [-0.1, -0.05) is 24.3 Å². The largest absolute Gasteiger partial charge is 0.491 e. The van der Waals surface area contributed by atoms with Crippen LogP contribution in [0.25, 0.3) is 16.6 Å². The minimum absolute atomic E-state index is 0.0360. The Morgan fingerprint density at radius 2 is 1.86 bits per heavy atom. The first kappa shape index (κ1) is 24.4. The third-order valence-corrected chi connectivity index (χ3v) is 5.50. The summed E-state index contributed by atoms with van der Waals surface area (Å²) in [7, 11) is 3.90. The number of ether oxygens (including phenoxy) is 1. The molecule has 0 bridgehead atoms. The highest BCUT2D eigenvalue weighted by atomic mass is 16.5. The summed E-state index contributed by atoms with van der Waals surface area (Å²) in [6, 6.07) is 15.9. The summed E-state index contributed by atoms with van der Waals surface area (Å²) in [6.07, 6.45) is 0. The van der Waals surface area contributed by atoms with Gasteiger partial charge in [0, 0.05) is 6.54 Å². The van der Waals surface area contributed by atoms with Gasteiger partial charge in [0.2, 0.25) is 5.95 Å². The molecular weight excluding hydrogens is 458 g/mol. The molecule has 0 amide bonds. The predicted molar refractivity (Wildman–Crippen MR) is 139 cm³/mol. The fraction of sp³-hybridized carbons (Fsp3) is 0.240. The topological polar surface area (TPSA) is 161 Å². The van der Waals surface area contributed by atoms with Gasteiger partial charge in [-0.3, -0.25) is 9.36 Å². The van der Waals surface area contributed by atoms with E-state index in [2.05, 4.69) is 15.3 Å². The van der Waals surface area contributed by atoms with Crippen LogP contribution in [-0.2, 0) is 0 Å². The van der Waals surface area contributed by atoms with E-state index in [1.54, 1.807) is 25.1 Å². The Balaban J connectivity index is 1.87. The first-order valence-electron chi connectivity index (χ1n) is 11.3. The second-order valence-corrected chi connectivity index (χ2v) is 8.42. The highest BCUT2D eigenvalue weighted by molar-refractivity contribution is 5.84. The normalized spacial score (nSPS) is 11.9. The van der Waals surface area contributed by atoms with Gasteiger partial charge in [-0.25, -0.2) is 4.98 Å². The Morgan fingerprint density at radius 1 is 1.11 bits per heavy atom. The van der Waals surface area contributed by atoms with E-state index in [0.29, 0.717) is 41.3 Å². The van der Waals surface area contributed by atoms with E-state index in [1.165, 1.54) is 4.57 Å². The van der Waals surface area contributed by atoms with E-state index in [4.69, 9.17) is 21.2 Å². The molecule has 0 aliphatic rings. The lowest BCUT2D eigenvalue weighted by Gasteiger charge is -2.21. The molecule has 0 radical (unpaired) electrons. The number of likely N-dealkylation sites (N-methyl/N-ethyl adjacent to an activating group) is 1. The maximum atomic E-state index is 13.9. The van der Waals surface area contributed by atoms with Crippen LogP contribution in [0.4, 0.5) is 17.6 Å². The third kappa shape index (κ3) is 4.89. The molecule has 0 saturated carbocycles. The number of fused-ring (bicyclic) bond motifs is 1. The molecule has 11 heteroatoms. The van der Waals surface area contributed by atoms with Crippen LogP contribution in [-0.4, -0.2) is 51.7 Å². The van der Waals surface area contributed by atoms with Crippen molar-refractivity contribution in [3.8, 4) is 17.5 Å². The fourth-order valence-corrected chi connectivity index (χ4v) is 3.77. The number of nitrogens with one attached hydrogen (secondary N) is 1. The SMILES string of the molecule is C[C@H](Nc1nc(N)nc(N)c1C#N)c1nc2cccc(OCCN(C)C)c2c(=O)n1-c1ccccc1. The van der Waals surface area contributed by atoms with Crippen LogP contribution in [0.2, 0.25) is 0 Å². The molecule has 0 fully saturated rings. The van der Waals surface area contributed by atoms with Gasteiger partial charge in [0.1, 0.15) is 41.0 Å². The maximum absolute atomic E-state index is 13.9. The van der Waals surface area contributed by atoms with Crippen molar-refractivity contribution in [3.63, 3.8) is 0 Å². The van der Waals surface area contributed by atoms with E-state index in [1.807, 2.05) is 55.4 Å². The smallest absolute Gasteiger partial charge is 0.269 e. The number of aromatic nitrogens is 4. The van der Waals surface area contributed by atoms with Crippen LogP contribution in [0.3, 0.4) is 0 Å². The van der Waals surface area contributed by atoms with Crippen molar-refractivity contribution < 1.29 is 4.74 Å². The molecule has 0 unspecified atom stereocenters. The van der Waals surface area contributed by atoms with Crippen molar-refractivity contribution in [1.82, 2.24) is 24.4 Å².